The minimum atomic E-state index is -0.422. The van der Waals surface area contributed by atoms with Gasteiger partial charge in [-0.3, -0.25) is 4.90 Å². The highest BCUT2D eigenvalue weighted by molar-refractivity contribution is 5.86. The van der Waals surface area contributed by atoms with Crippen LogP contribution in [-0.2, 0) is 11.3 Å². The van der Waals surface area contributed by atoms with Crippen LogP contribution in [0.15, 0.2) is 16.5 Å². The van der Waals surface area contributed by atoms with Crippen molar-refractivity contribution in [2.75, 3.05) is 33.3 Å². The zero-order valence-electron chi connectivity index (χ0n) is 10.1. The molecule has 1 aromatic heterocycles. The van der Waals surface area contributed by atoms with Gasteiger partial charge in [0.25, 0.3) is 0 Å². The Kier molecular flexibility index (Phi) is 4.17. The second kappa shape index (κ2) is 5.84. The molecule has 2 rings (SSSR count). The van der Waals surface area contributed by atoms with Crippen LogP contribution in [-0.4, -0.2) is 44.2 Å². The lowest BCUT2D eigenvalue weighted by Gasteiger charge is -2.17. The molecule has 0 atom stereocenters. The van der Waals surface area contributed by atoms with Crippen LogP contribution in [0.3, 0.4) is 0 Å². The van der Waals surface area contributed by atoms with Crippen LogP contribution in [0.4, 0.5) is 0 Å². The molecule has 0 aromatic carbocycles. The van der Waals surface area contributed by atoms with Gasteiger partial charge in [-0.05, 0) is 31.6 Å². The number of nitrogens with one attached hydrogen (secondary N) is 1. The van der Waals surface area contributed by atoms with Gasteiger partial charge in [0.05, 0.1) is 13.7 Å². The van der Waals surface area contributed by atoms with Crippen molar-refractivity contribution in [1.29, 1.82) is 0 Å². The minimum absolute atomic E-state index is 0.274. The van der Waals surface area contributed by atoms with Gasteiger partial charge in [-0.1, -0.05) is 0 Å². The third-order valence-electron chi connectivity index (χ3n) is 2.86. The molecule has 1 aliphatic rings. The average Bonchev–Trinajstić information content (AvgIpc) is 2.65. The summed E-state index contributed by atoms with van der Waals surface area (Å²) in [6.07, 6.45) is 1.14. The number of carbonyl (C=O) groups excluding carboxylic acids is 1. The Bertz CT molecular complexity index is 368. The molecule has 1 aliphatic heterocycles. The van der Waals surface area contributed by atoms with Crippen LogP contribution in [0.5, 0.6) is 0 Å². The Balaban J connectivity index is 1.93. The van der Waals surface area contributed by atoms with Crippen LogP contribution in [0, 0.1) is 0 Å². The van der Waals surface area contributed by atoms with Crippen molar-refractivity contribution in [2.24, 2.45) is 0 Å². The van der Waals surface area contributed by atoms with Crippen LogP contribution < -0.4 is 5.32 Å². The molecule has 0 unspecified atom stereocenters. The molecular formula is C12H18N2O3. The van der Waals surface area contributed by atoms with Crippen molar-refractivity contribution in [3.63, 3.8) is 0 Å². The maximum atomic E-state index is 11.2. The summed E-state index contributed by atoms with van der Waals surface area (Å²) in [4.78, 5) is 13.6. The highest BCUT2D eigenvalue weighted by Crippen LogP contribution is 2.12. The summed E-state index contributed by atoms with van der Waals surface area (Å²) >= 11 is 0. The third kappa shape index (κ3) is 3.31. The molecule has 1 saturated heterocycles. The van der Waals surface area contributed by atoms with E-state index in [2.05, 4.69) is 15.0 Å². The van der Waals surface area contributed by atoms with E-state index >= 15 is 0 Å². The van der Waals surface area contributed by atoms with E-state index in [1.165, 1.54) is 7.11 Å². The van der Waals surface area contributed by atoms with Gasteiger partial charge in [0, 0.05) is 13.1 Å². The first-order valence-corrected chi connectivity index (χ1v) is 5.89. The monoisotopic (exact) mass is 238 g/mol. The lowest BCUT2D eigenvalue weighted by atomic mass is 10.3. The molecule has 1 aromatic rings. The summed E-state index contributed by atoms with van der Waals surface area (Å²) in [7, 11) is 1.35. The van der Waals surface area contributed by atoms with E-state index in [4.69, 9.17) is 4.42 Å². The Morgan fingerprint density at radius 3 is 3.18 bits per heavy atom. The normalized spacial score (nSPS) is 17.7. The molecule has 5 heteroatoms. The topological polar surface area (TPSA) is 54.7 Å². The maximum absolute atomic E-state index is 11.2. The Morgan fingerprint density at radius 1 is 1.47 bits per heavy atom. The van der Waals surface area contributed by atoms with Crippen molar-refractivity contribution in [1.82, 2.24) is 10.2 Å². The van der Waals surface area contributed by atoms with E-state index in [-0.39, 0.29) is 5.76 Å². The molecule has 0 amide bonds. The molecule has 0 spiro atoms. The Labute approximate surface area is 101 Å². The Morgan fingerprint density at radius 2 is 2.35 bits per heavy atom. The highest BCUT2D eigenvalue weighted by Gasteiger charge is 2.14. The van der Waals surface area contributed by atoms with E-state index in [0.717, 1.165) is 44.9 Å². The smallest absolute Gasteiger partial charge is 0.373 e. The second-order valence-electron chi connectivity index (χ2n) is 4.14. The van der Waals surface area contributed by atoms with Crippen molar-refractivity contribution in [2.45, 2.75) is 13.0 Å². The quantitative estimate of drug-likeness (QED) is 0.792. The molecule has 1 fully saturated rings. The second-order valence-corrected chi connectivity index (χ2v) is 4.14. The Hall–Kier alpha value is -1.33. The summed E-state index contributed by atoms with van der Waals surface area (Å²) in [5.41, 5.74) is 0. The predicted molar refractivity (Wildman–Crippen MR) is 62.8 cm³/mol. The fraction of sp³-hybridized carbons (Fsp3) is 0.583. The number of hydrogen-bond donors (Lipinski definition) is 1. The molecule has 0 saturated carbocycles. The zero-order chi connectivity index (χ0) is 12.1. The van der Waals surface area contributed by atoms with Gasteiger partial charge in [0.15, 0.2) is 0 Å². The fourth-order valence-corrected chi connectivity index (χ4v) is 1.95. The molecular weight excluding hydrogens is 220 g/mol. The molecule has 1 N–H and O–H groups in total. The molecule has 0 radical (unpaired) electrons. The number of rotatable bonds is 3. The molecule has 5 nitrogen and oxygen atoms in total. The molecule has 0 bridgehead atoms. The summed E-state index contributed by atoms with van der Waals surface area (Å²) in [6, 6.07) is 3.50. The van der Waals surface area contributed by atoms with Gasteiger partial charge < -0.3 is 14.5 Å². The van der Waals surface area contributed by atoms with E-state index in [9.17, 15) is 4.79 Å². The first kappa shape index (κ1) is 12.1. The van der Waals surface area contributed by atoms with Gasteiger partial charge in [-0.2, -0.15) is 0 Å². The van der Waals surface area contributed by atoms with Gasteiger partial charge in [-0.15, -0.1) is 0 Å². The van der Waals surface area contributed by atoms with Crippen LogP contribution in [0.25, 0.3) is 0 Å². The van der Waals surface area contributed by atoms with E-state index < -0.39 is 5.97 Å². The van der Waals surface area contributed by atoms with Crippen molar-refractivity contribution in [3.8, 4) is 0 Å². The van der Waals surface area contributed by atoms with Gasteiger partial charge in [-0.25, -0.2) is 4.79 Å². The van der Waals surface area contributed by atoms with E-state index in [1.807, 2.05) is 6.07 Å². The minimum Gasteiger partial charge on any atom is -0.463 e. The number of carbonyl (C=O) groups is 1. The molecule has 2 heterocycles. The van der Waals surface area contributed by atoms with Crippen LogP contribution in [0.1, 0.15) is 22.7 Å². The third-order valence-corrected chi connectivity index (χ3v) is 2.86. The van der Waals surface area contributed by atoms with Gasteiger partial charge >= 0.3 is 5.97 Å². The number of ether oxygens (including phenoxy) is 1. The SMILES string of the molecule is COC(=O)c1ccc(CN2CCCNCC2)o1. The van der Waals surface area contributed by atoms with Gasteiger partial charge in [0.1, 0.15) is 5.76 Å². The lowest BCUT2D eigenvalue weighted by molar-refractivity contribution is 0.0561. The zero-order valence-corrected chi connectivity index (χ0v) is 10.1. The number of esters is 1. The fourth-order valence-electron chi connectivity index (χ4n) is 1.95. The summed E-state index contributed by atoms with van der Waals surface area (Å²) in [5.74, 6) is 0.663. The summed E-state index contributed by atoms with van der Waals surface area (Å²) in [6.45, 7) is 4.89. The number of furan rings is 1. The van der Waals surface area contributed by atoms with Crippen molar-refractivity contribution < 1.29 is 13.9 Å². The first-order valence-electron chi connectivity index (χ1n) is 5.89. The maximum Gasteiger partial charge on any atom is 0.373 e. The average molecular weight is 238 g/mol. The van der Waals surface area contributed by atoms with Gasteiger partial charge in [0.2, 0.25) is 5.76 Å². The van der Waals surface area contributed by atoms with Crippen molar-refractivity contribution >= 4 is 5.97 Å². The summed E-state index contributed by atoms with van der Waals surface area (Å²) < 4.78 is 10.0. The highest BCUT2D eigenvalue weighted by atomic mass is 16.5. The number of hydrogen-bond acceptors (Lipinski definition) is 5. The molecule has 94 valence electrons. The molecule has 0 aliphatic carbocycles. The molecule has 17 heavy (non-hydrogen) atoms. The van der Waals surface area contributed by atoms with Crippen LogP contribution in [0.2, 0.25) is 0 Å². The van der Waals surface area contributed by atoms with E-state index in [0.29, 0.717) is 0 Å². The summed E-state index contributed by atoms with van der Waals surface area (Å²) in [5, 5.41) is 3.35. The number of methoxy groups -OCH3 is 1. The van der Waals surface area contributed by atoms with Crippen molar-refractivity contribution in [3.05, 3.63) is 23.7 Å². The number of nitrogens with zero attached hydrogens (tertiary/aromatic N) is 1. The van der Waals surface area contributed by atoms with E-state index in [1.54, 1.807) is 6.07 Å². The lowest BCUT2D eigenvalue weighted by Crippen LogP contribution is -2.27. The van der Waals surface area contributed by atoms with Crippen LogP contribution >= 0.6 is 0 Å². The standard InChI is InChI=1S/C12H18N2O3/c1-16-12(15)11-4-3-10(17-11)9-14-7-2-5-13-6-8-14/h3-4,13H,2,5-9H2,1H3. The largest absolute Gasteiger partial charge is 0.463 e. The first-order chi connectivity index (χ1) is 8.29. The predicted octanol–water partition coefficient (Wildman–Crippen LogP) is 0.861.